The molecule has 0 aliphatic carbocycles. The topological polar surface area (TPSA) is 38.3 Å². The lowest BCUT2D eigenvalue weighted by atomic mass is 9.92. The van der Waals surface area contributed by atoms with E-state index in [1.807, 2.05) is 31.2 Å². The van der Waals surface area contributed by atoms with Gasteiger partial charge in [0.25, 0.3) is 0 Å². The van der Waals surface area contributed by atoms with Crippen molar-refractivity contribution in [2.24, 2.45) is 5.92 Å². The molecule has 0 spiro atoms. The molecule has 1 heterocycles. The molecule has 1 saturated heterocycles. The van der Waals surface area contributed by atoms with Gasteiger partial charge in [0.15, 0.2) is 5.78 Å². The number of hydrogen-bond donors (Lipinski definition) is 1. The Morgan fingerprint density at radius 3 is 3.00 bits per heavy atom. The van der Waals surface area contributed by atoms with E-state index >= 15 is 0 Å². The van der Waals surface area contributed by atoms with E-state index in [2.05, 4.69) is 12.2 Å². The maximum absolute atomic E-state index is 12.3. The highest BCUT2D eigenvalue weighted by Crippen LogP contribution is 2.22. The van der Waals surface area contributed by atoms with Gasteiger partial charge in [0.2, 0.25) is 0 Å². The maximum Gasteiger partial charge on any atom is 0.167 e. The Kier molecular flexibility index (Phi) is 3.79. The summed E-state index contributed by atoms with van der Waals surface area (Å²) in [4.78, 5) is 12.3. The van der Waals surface area contributed by atoms with Gasteiger partial charge in [-0.15, -0.1) is 0 Å². The minimum Gasteiger partial charge on any atom is -0.494 e. The van der Waals surface area contributed by atoms with Crippen LogP contribution in [0.4, 0.5) is 0 Å². The summed E-state index contributed by atoms with van der Waals surface area (Å²) in [6, 6.07) is 7.76. The van der Waals surface area contributed by atoms with Crippen molar-refractivity contribution in [1.82, 2.24) is 5.32 Å². The van der Waals surface area contributed by atoms with Crippen LogP contribution in [0.25, 0.3) is 0 Å². The predicted molar refractivity (Wildman–Crippen MR) is 67.5 cm³/mol. The molecule has 0 aromatic heterocycles. The van der Waals surface area contributed by atoms with Crippen LogP contribution >= 0.6 is 0 Å². The second-order valence-corrected chi connectivity index (χ2v) is 4.46. The third-order valence-corrected chi connectivity index (χ3v) is 3.29. The number of carbonyl (C=O) groups excluding carboxylic acids is 1. The molecule has 3 heteroatoms. The average molecular weight is 233 g/mol. The number of ketones is 1. The largest absolute Gasteiger partial charge is 0.494 e. The molecule has 1 aliphatic rings. The first-order valence-electron chi connectivity index (χ1n) is 6.23. The molecular weight excluding hydrogens is 214 g/mol. The molecule has 2 rings (SSSR count). The van der Waals surface area contributed by atoms with E-state index < -0.39 is 0 Å². The van der Waals surface area contributed by atoms with Crippen LogP contribution in [0.15, 0.2) is 24.3 Å². The molecule has 2 unspecified atom stereocenters. The standard InChI is InChI=1S/C14H19NO2/c1-3-17-12-6-4-5-11(9-12)14(16)13-7-8-15-10(13)2/h4-6,9-10,13,15H,3,7-8H2,1-2H3. The molecule has 3 nitrogen and oxygen atoms in total. The molecule has 0 saturated carbocycles. The van der Waals surface area contributed by atoms with Crippen LogP contribution in [-0.2, 0) is 0 Å². The number of benzene rings is 1. The normalized spacial score (nSPS) is 23.6. The fourth-order valence-electron chi connectivity index (χ4n) is 2.34. The number of Topliss-reactive ketones (excluding diaryl/α,β-unsaturated/α-hetero) is 1. The zero-order valence-corrected chi connectivity index (χ0v) is 10.4. The van der Waals surface area contributed by atoms with Crippen LogP contribution in [0.5, 0.6) is 5.75 Å². The lowest BCUT2D eigenvalue weighted by Gasteiger charge is -2.14. The second kappa shape index (κ2) is 5.32. The van der Waals surface area contributed by atoms with E-state index in [9.17, 15) is 4.79 Å². The lowest BCUT2D eigenvalue weighted by Crippen LogP contribution is -2.28. The van der Waals surface area contributed by atoms with E-state index in [0.717, 1.165) is 24.3 Å². The Labute approximate surface area is 102 Å². The molecule has 1 aromatic carbocycles. The van der Waals surface area contributed by atoms with Crippen molar-refractivity contribution in [3.8, 4) is 5.75 Å². The van der Waals surface area contributed by atoms with E-state index in [1.165, 1.54) is 0 Å². The van der Waals surface area contributed by atoms with Gasteiger partial charge in [0, 0.05) is 17.5 Å². The number of carbonyl (C=O) groups is 1. The Bertz CT molecular complexity index is 403. The summed E-state index contributed by atoms with van der Waals surface area (Å²) in [6.45, 7) is 5.57. The Morgan fingerprint density at radius 2 is 2.35 bits per heavy atom. The van der Waals surface area contributed by atoms with Gasteiger partial charge in [-0.3, -0.25) is 4.79 Å². The molecule has 1 aromatic rings. The van der Waals surface area contributed by atoms with E-state index in [0.29, 0.717) is 6.61 Å². The first kappa shape index (κ1) is 12.1. The maximum atomic E-state index is 12.3. The van der Waals surface area contributed by atoms with E-state index in [-0.39, 0.29) is 17.7 Å². The third kappa shape index (κ3) is 2.67. The minimum absolute atomic E-state index is 0.104. The van der Waals surface area contributed by atoms with Crippen molar-refractivity contribution >= 4 is 5.78 Å². The highest BCUT2D eigenvalue weighted by atomic mass is 16.5. The van der Waals surface area contributed by atoms with Gasteiger partial charge in [-0.2, -0.15) is 0 Å². The van der Waals surface area contributed by atoms with Crippen molar-refractivity contribution < 1.29 is 9.53 Å². The van der Waals surface area contributed by atoms with Crippen LogP contribution in [0, 0.1) is 5.92 Å². The van der Waals surface area contributed by atoms with Gasteiger partial charge in [0.1, 0.15) is 5.75 Å². The zero-order valence-electron chi connectivity index (χ0n) is 10.4. The molecule has 17 heavy (non-hydrogen) atoms. The van der Waals surface area contributed by atoms with Crippen LogP contribution in [0.3, 0.4) is 0 Å². The molecule has 2 atom stereocenters. The first-order valence-corrected chi connectivity index (χ1v) is 6.23. The fraction of sp³-hybridized carbons (Fsp3) is 0.500. The average Bonchev–Trinajstić information content (AvgIpc) is 2.75. The van der Waals surface area contributed by atoms with Gasteiger partial charge < -0.3 is 10.1 Å². The summed E-state index contributed by atoms with van der Waals surface area (Å²) in [5, 5.41) is 3.31. The second-order valence-electron chi connectivity index (χ2n) is 4.46. The van der Waals surface area contributed by atoms with Crippen molar-refractivity contribution in [1.29, 1.82) is 0 Å². The summed E-state index contributed by atoms with van der Waals surface area (Å²) in [5.74, 6) is 1.10. The lowest BCUT2D eigenvalue weighted by molar-refractivity contribution is 0.0913. The van der Waals surface area contributed by atoms with E-state index in [4.69, 9.17) is 4.74 Å². The summed E-state index contributed by atoms with van der Waals surface area (Å²) in [5.41, 5.74) is 0.761. The minimum atomic E-state index is 0.104. The highest BCUT2D eigenvalue weighted by Gasteiger charge is 2.29. The molecule has 92 valence electrons. The summed E-state index contributed by atoms with van der Waals surface area (Å²) < 4.78 is 5.42. The Morgan fingerprint density at radius 1 is 1.53 bits per heavy atom. The van der Waals surface area contributed by atoms with E-state index in [1.54, 1.807) is 0 Å². The Balaban J connectivity index is 2.15. The SMILES string of the molecule is CCOc1cccc(C(=O)C2CCNC2C)c1. The number of nitrogens with one attached hydrogen (secondary N) is 1. The molecule has 0 radical (unpaired) electrons. The smallest absolute Gasteiger partial charge is 0.167 e. The third-order valence-electron chi connectivity index (χ3n) is 3.29. The van der Waals surface area contributed by atoms with Crippen LogP contribution in [0.2, 0.25) is 0 Å². The molecule has 1 aliphatic heterocycles. The highest BCUT2D eigenvalue weighted by molar-refractivity contribution is 5.98. The van der Waals surface area contributed by atoms with Crippen LogP contribution in [0.1, 0.15) is 30.6 Å². The van der Waals surface area contributed by atoms with Gasteiger partial charge >= 0.3 is 0 Å². The zero-order chi connectivity index (χ0) is 12.3. The monoisotopic (exact) mass is 233 g/mol. The van der Waals surface area contributed by atoms with Crippen LogP contribution < -0.4 is 10.1 Å². The van der Waals surface area contributed by atoms with Gasteiger partial charge in [0.05, 0.1) is 6.61 Å². The predicted octanol–water partition coefficient (Wildman–Crippen LogP) is 2.27. The first-order chi connectivity index (χ1) is 8.22. The van der Waals surface area contributed by atoms with Crippen molar-refractivity contribution in [2.45, 2.75) is 26.3 Å². The Hall–Kier alpha value is -1.35. The quantitative estimate of drug-likeness (QED) is 0.811. The summed E-state index contributed by atoms with van der Waals surface area (Å²) >= 11 is 0. The van der Waals surface area contributed by atoms with Gasteiger partial charge in [-0.1, -0.05) is 12.1 Å². The number of rotatable bonds is 4. The molecule has 0 amide bonds. The fourth-order valence-corrected chi connectivity index (χ4v) is 2.34. The van der Waals surface area contributed by atoms with Crippen molar-refractivity contribution in [3.63, 3.8) is 0 Å². The molecular formula is C14H19NO2. The number of hydrogen-bond acceptors (Lipinski definition) is 3. The van der Waals surface area contributed by atoms with Crippen molar-refractivity contribution in [2.75, 3.05) is 13.2 Å². The van der Waals surface area contributed by atoms with Crippen LogP contribution in [-0.4, -0.2) is 25.0 Å². The molecule has 0 bridgehead atoms. The summed E-state index contributed by atoms with van der Waals surface area (Å²) in [7, 11) is 0. The van der Waals surface area contributed by atoms with Gasteiger partial charge in [-0.05, 0) is 38.9 Å². The van der Waals surface area contributed by atoms with Gasteiger partial charge in [-0.25, -0.2) is 0 Å². The molecule has 1 fully saturated rings. The summed E-state index contributed by atoms with van der Waals surface area (Å²) in [6.07, 6.45) is 0.929. The number of ether oxygens (including phenoxy) is 1. The van der Waals surface area contributed by atoms with Crippen molar-refractivity contribution in [3.05, 3.63) is 29.8 Å². The molecule has 1 N–H and O–H groups in total.